The Labute approximate surface area is 111 Å². The molecule has 2 aliphatic rings. The number of hydrogen-bond donors (Lipinski definition) is 2. The van der Waals surface area contributed by atoms with E-state index < -0.39 is 0 Å². The number of carbonyl (C=O) groups is 1. The van der Waals surface area contributed by atoms with Crippen LogP contribution < -0.4 is 11.1 Å². The first-order chi connectivity index (χ1) is 8.66. The molecule has 0 aromatic carbocycles. The lowest BCUT2D eigenvalue weighted by Gasteiger charge is -2.31. The van der Waals surface area contributed by atoms with Gasteiger partial charge in [0, 0.05) is 18.5 Å². The van der Waals surface area contributed by atoms with Crippen LogP contribution in [0.15, 0.2) is 0 Å². The van der Waals surface area contributed by atoms with Gasteiger partial charge in [0.05, 0.1) is 0 Å². The van der Waals surface area contributed by atoms with E-state index in [-0.39, 0.29) is 11.8 Å². The molecule has 0 aromatic heterocycles. The lowest BCUT2D eigenvalue weighted by molar-refractivity contribution is -0.126. The molecule has 2 fully saturated rings. The third-order valence-corrected chi connectivity index (χ3v) is 4.90. The Kier molecular flexibility index (Phi) is 5.04. The van der Waals surface area contributed by atoms with Crippen molar-refractivity contribution in [1.29, 1.82) is 0 Å². The molecule has 3 unspecified atom stereocenters. The highest BCUT2D eigenvalue weighted by molar-refractivity contribution is 5.78. The van der Waals surface area contributed by atoms with E-state index in [1.54, 1.807) is 0 Å². The molecule has 0 spiro atoms. The minimum atomic E-state index is 0.211. The van der Waals surface area contributed by atoms with E-state index >= 15 is 0 Å². The van der Waals surface area contributed by atoms with Gasteiger partial charge in [-0.3, -0.25) is 4.79 Å². The van der Waals surface area contributed by atoms with Gasteiger partial charge < -0.3 is 11.1 Å². The van der Waals surface area contributed by atoms with Crippen molar-refractivity contribution in [3.8, 4) is 0 Å². The van der Waals surface area contributed by atoms with Crippen LogP contribution in [0.2, 0.25) is 0 Å². The summed E-state index contributed by atoms with van der Waals surface area (Å²) in [5, 5.41) is 3.18. The van der Waals surface area contributed by atoms with Gasteiger partial charge >= 0.3 is 0 Å². The van der Waals surface area contributed by atoms with Crippen LogP contribution in [0.25, 0.3) is 0 Å². The average molecular weight is 252 g/mol. The Morgan fingerprint density at radius 3 is 2.56 bits per heavy atom. The number of nitrogens with one attached hydrogen (secondary N) is 1. The highest BCUT2D eigenvalue weighted by Crippen LogP contribution is 2.28. The summed E-state index contributed by atoms with van der Waals surface area (Å²) < 4.78 is 0. The van der Waals surface area contributed by atoms with Gasteiger partial charge in [-0.05, 0) is 43.9 Å². The van der Waals surface area contributed by atoms with Gasteiger partial charge in [0.1, 0.15) is 0 Å². The Bertz CT molecular complexity index is 274. The zero-order valence-electron chi connectivity index (χ0n) is 11.7. The zero-order valence-corrected chi connectivity index (χ0v) is 11.7. The van der Waals surface area contributed by atoms with Crippen molar-refractivity contribution in [2.45, 2.75) is 64.3 Å². The second kappa shape index (κ2) is 6.55. The van der Waals surface area contributed by atoms with Crippen molar-refractivity contribution < 1.29 is 4.79 Å². The molecule has 104 valence electrons. The SMILES string of the molecule is CC1CC(C(=O)NCC2CCCCC2)CCC1N. The van der Waals surface area contributed by atoms with Crippen molar-refractivity contribution in [2.75, 3.05) is 6.54 Å². The summed E-state index contributed by atoms with van der Waals surface area (Å²) in [6.07, 6.45) is 9.61. The van der Waals surface area contributed by atoms with Crippen LogP contribution in [-0.4, -0.2) is 18.5 Å². The maximum Gasteiger partial charge on any atom is 0.223 e. The Morgan fingerprint density at radius 1 is 1.17 bits per heavy atom. The van der Waals surface area contributed by atoms with Crippen molar-refractivity contribution in [3.05, 3.63) is 0 Å². The topological polar surface area (TPSA) is 55.1 Å². The second-order valence-corrected chi connectivity index (χ2v) is 6.40. The number of nitrogens with two attached hydrogens (primary N) is 1. The summed E-state index contributed by atoms with van der Waals surface area (Å²) in [6.45, 7) is 3.07. The molecule has 0 bridgehead atoms. The standard InChI is InChI=1S/C15H28N2O/c1-11-9-13(7-8-14(11)16)15(18)17-10-12-5-3-2-4-6-12/h11-14H,2-10,16H2,1H3,(H,17,18). The third kappa shape index (κ3) is 3.71. The summed E-state index contributed by atoms with van der Waals surface area (Å²) in [5.74, 6) is 1.71. The summed E-state index contributed by atoms with van der Waals surface area (Å²) in [6, 6.07) is 0.299. The molecule has 0 aromatic rings. The highest BCUT2D eigenvalue weighted by Gasteiger charge is 2.29. The van der Waals surface area contributed by atoms with E-state index in [1.165, 1.54) is 32.1 Å². The Balaban J connectivity index is 1.70. The monoisotopic (exact) mass is 252 g/mol. The smallest absolute Gasteiger partial charge is 0.223 e. The highest BCUT2D eigenvalue weighted by atomic mass is 16.1. The minimum absolute atomic E-state index is 0.211. The molecule has 18 heavy (non-hydrogen) atoms. The Hall–Kier alpha value is -0.570. The predicted octanol–water partition coefficient (Wildman–Crippen LogP) is 2.45. The van der Waals surface area contributed by atoms with Gasteiger partial charge in [-0.2, -0.15) is 0 Å². The van der Waals surface area contributed by atoms with Gasteiger partial charge in [0.2, 0.25) is 5.91 Å². The van der Waals surface area contributed by atoms with Gasteiger partial charge in [-0.25, -0.2) is 0 Å². The van der Waals surface area contributed by atoms with Gasteiger partial charge in [-0.15, -0.1) is 0 Å². The molecular weight excluding hydrogens is 224 g/mol. The second-order valence-electron chi connectivity index (χ2n) is 6.40. The number of rotatable bonds is 3. The normalized spacial score (nSPS) is 34.2. The molecular formula is C15H28N2O. The van der Waals surface area contributed by atoms with Gasteiger partial charge in [0.25, 0.3) is 0 Å². The van der Waals surface area contributed by atoms with Crippen molar-refractivity contribution in [1.82, 2.24) is 5.32 Å². The summed E-state index contributed by atoms with van der Waals surface area (Å²) in [5.41, 5.74) is 6.00. The van der Waals surface area contributed by atoms with Crippen molar-refractivity contribution in [3.63, 3.8) is 0 Å². The summed E-state index contributed by atoms with van der Waals surface area (Å²) in [7, 11) is 0. The first-order valence-corrected chi connectivity index (χ1v) is 7.70. The van der Waals surface area contributed by atoms with E-state index in [9.17, 15) is 4.79 Å². The van der Waals surface area contributed by atoms with E-state index in [0.717, 1.165) is 31.7 Å². The number of carbonyl (C=O) groups excluding carboxylic acids is 1. The van der Waals surface area contributed by atoms with Crippen LogP contribution in [0, 0.1) is 17.8 Å². The fourth-order valence-corrected chi connectivity index (χ4v) is 3.44. The lowest BCUT2D eigenvalue weighted by atomic mass is 9.79. The molecule has 3 nitrogen and oxygen atoms in total. The lowest BCUT2D eigenvalue weighted by Crippen LogP contribution is -2.41. The van der Waals surface area contributed by atoms with Crippen LogP contribution >= 0.6 is 0 Å². The third-order valence-electron chi connectivity index (χ3n) is 4.90. The van der Waals surface area contributed by atoms with Crippen LogP contribution in [0.4, 0.5) is 0 Å². The minimum Gasteiger partial charge on any atom is -0.356 e. The maximum atomic E-state index is 12.1. The van der Waals surface area contributed by atoms with Crippen molar-refractivity contribution >= 4 is 5.91 Å². The number of amides is 1. The average Bonchev–Trinajstić information content (AvgIpc) is 2.40. The molecule has 0 heterocycles. The molecule has 0 aliphatic heterocycles. The van der Waals surface area contributed by atoms with E-state index in [1.807, 2.05) is 0 Å². The molecule has 3 atom stereocenters. The predicted molar refractivity (Wildman–Crippen MR) is 74.1 cm³/mol. The fraction of sp³-hybridized carbons (Fsp3) is 0.933. The Morgan fingerprint density at radius 2 is 1.89 bits per heavy atom. The first kappa shape index (κ1) is 13.9. The van der Waals surface area contributed by atoms with Crippen LogP contribution in [0.3, 0.4) is 0 Å². The van der Waals surface area contributed by atoms with Gasteiger partial charge in [0.15, 0.2) is 0 Å². The molecule has 2 rings (SSSR count). The quantitative estimate of drug-likeness (QED) is 0.810. The van der Waals surface area contributed by atoms with E-state index in [4.69, 9.17) is 5.73 Å². The molecule has 2 aliphatic carbocycles. The number of hydrogen-bond acceptors (Lipinski definition) is 2. The molecule has 0 radical (unpaired) electrons. The van der Waals surface area contributed by atoms with Crippen LogP contribution in [0.1, 0.15) is 58.3 Å². The molecule has 3 N–H and O–H groups in total. The van der Waals surface area contributed by atoms with E-state index in [0.29, 0.717) is 12.0 Å². The van der Waals surface area contributed by atoms with Crippen LogP contribution in [-0.2, 0) is 4.79 Å². The first-order valence-electron chi connectivity index (χ1n) is 7.70. The molecule has 0 saturated heterocycles. The van der Waals surface area contributed by atoms with E-state index in [2.05, 4.69) is 12.2 Å². The molecule has 3 heteroatoms. The molecule has 1 amide bonds. The summed E-state index contributed by atoms with van der Waals surface area (Å²) >= 11 is 0. The fourth-order valence-electron chi connectivity index (χ4n) is 3.44. The maximum absolute atomic E-state index is 12.1. The summed E-state index contributed by atoms with van der Waals surface area (Å²) in [4.78, 5) is 12.1. The van der Waals surface area contributed by atoms with Crippen LogP contribution in [0.5, 0.6) is 0 Å². The zero-order chi connectivity index (χ0) is 13.0. The molecule has 2 saturated carbocycles. The van der Waals surface area contributed by atoms with Gasteiger partial charge in [-0.1, -0.05) is 26.2 Å². The van der Waals surface area contributed by atoms with Crippen molar-refractivity contribution in [2.24, 2.45) is 23.5 Å². The largest absolute Gasteiger partial charge is 0.356 e.